The van der Waals surface area contributed by atoms with Crippen LogP contribution in [0.15, 0.2) is 32.0 Å². The molecule has 0 aromatic heterocycles. The van der Waals surface area contributed by atoms with Crippen LogP contribution in [-0.4, -0.2) is 26.9 Å². The van der Waals surface area contributed by atoms with Crippen molar-refractivity contribution in [3.8, 4) is 0 Å². The van der Waals surface area contributed by atoms with Gasteiger partial charge in [0.15, 0.2) is 0 Å². The second kappa shape index (κ2) is 8.78. The predicted molar refractivity (Wildman–Crippen MR) is 101 cm³/mol. The van der Waals surface area contributed by atoms with Crippen molar-refractivity contribution in [3.05, 3.63) is 27.1 Å². The third-order valence-corrected chi connectivity index (χ3v) is 7.23. The molecule has 0 saturated heterocycles. The highest BCUT2D eigenvalue weighted by atomic mass is 79.9. The number of carbonyl (C=O) groups is 1. The number of hydrogen-bond donors (Lipinski definition) is 2. The Bertz CT molecular complexity index is 695. The summed E-state index contributed by atoms with van der Waals surface area (Å²) in [6.07, 6.45) is 4.62. The van der Waals surface area contributed by atoms with Gasteiger partial charge in [-0.3, -0.25) is 4.79 Å². The fraction of sp³-hybridized carbons (Fsp3) is 0.562. The Hall–Kier alpha value is -0.440. The number of sulfonamides is 1. The molecule has 0 heterocycles. The zero-order valence-electron chi connectivity index (χ0n) is 13.5. The Labute approximate surface area is 160 Å². The Kier molecular flexibility index (Phi) is 7.27. The molecule has 0 aliphatic heterocycles. The summed E-state index contributed by atoms with van der Waals surface area (Å²) in [5, 5.41) is 3.02. The molecule has 2 rings (SSSR count). The maximum absolute atomic E-state index is 12.3. The van der Waals surface area contributed by atoms with Crippen molar-refractivity contribution in [2.75, 3.05) is 6.54 Å². The van der Waals surface area contributed by atoms with Gasteiger partial charge in [-0.25, -0.2) is 13.1 Å². The molecule has 1 amide bonds. The highest BCUT2D eigenvalue weighted by Crippen LogP contribution is 2.26. The summed E-state index contributed by atoms with van der Waals surface area (Å²) in [5.41, 5.74) is 0. The van der Waals surface area contributed by atoms with E-state index in [1.54, 1.807) is 12.1 Å². The second-order valence-electron chi connectivity index (χ2n) is 6.16. The van der Waals surface area contributed by atoms with Crippen LogP contribution in [0.3, 0.4) is 0 Å². The minimum Gasteiger partial charge on any atom is -0.353 e. The number of benzene rings is 1. The van der Waals surface area contributed by atoms with Gasteiger partial charge in [0.1, 0.15) is 0 Å². The van der Waals surface area contributed by atoms with Gasteiger partial charge < -0.3 is 5.32 Å². The summed E-state index contributed by atoms with van der Waals surface area (Å²) in [6, 6.07) is 5.15. The Morgan fingerprint density at radius 1 is 1.25 bits per heavy atom. The lowest BCUT2D eigenvalue weighted by atomic mass is 9.86. The van der Waals surface area contributed by atoms with E-state index in [0.717, 1.165) is 19.3 Å². The molecule has 2 atom stereocenters. The standard InChI is InChI=1S/C16H22Br2N2O3S/c1-11-4-2-3-5-14(11)20-16(21)8-9-19-24(22,23)15-10-12(17)6-7-13(15)18/h6-7,10-11,14,19H,2-5,8-9H2,1H3,(H,20,21). The van der Waals surface area contributed by atoms with E-state index in [2.05, 4.69) is 48.8 Å². The van der Waals surface area contributed by atoms with Gasteiger partial charge in [0.2, 0.25) is 15.9 Å². The molecule has 1 aliphatic rings. The summed E-state index contributed by atoms with van der Waals surface area (Å²) in [6.45, 7) is 2.23. The first-order valence-corrected chi connectivity index (χ1v) is 11.1. The van der Waals surface area contributed by atoms with Crippen molar-refractivity contribution in [2.24, 2.45) is 5.92 Å². The van der Waals surface area contributed by atoms with Crippen LogP contribution in [0.1, 0.15) is 39.0 Å². The van der Waals surface area contributed by atoms with Crippen molar-refractivity contribution >= 4 is 47.8 Å². The van der Waals surface area contributed by atoms with Crippen LogP contribution in [0, 0.1) is 5.92 Å². The fourth-order valence-electron chi connectivity index (χ4n) is 2.87. The van der Waals surface area contributed by atoms with Gasteiger partial charge in [-0.2, -0.15) is 0 Å². The van der Waals surface area contributed by atoms with E-state index < -0.39 is 10.0 Å². The number of amides is 1. The smallest absolute Gasteiger partial charge is 0.241 e. The van der Waals surface area contributed by atoms with E-state index in [1.807, 2.05) is 0 Å². The lowest BCUT2D eigenvalue weighted by Gasteiger charge is -2.29. The molecule has 1 fully saturated rings. The topological polar surface area (TPSA) is 75.3 Å². The van der Waals surface area contributed by atoms with Gasteiger partial charge >= 0.3 is 0 Å². The van der Waals surface area contributed by atoms with Gasteiger partial charge in [-0.1, -0.05) is 35.7 Å². The van der Waals surface area contributed by atoms with Crippen LogP contribution in [0.5, 0.6) is 0 Å². The van der Waals surface area contributed by atoms with Crippen LogP contribution in [0.2, 0.25) is 0 Å². The average molecular weight is 482 g/mol. The van der Waals surface area contributed by atoms with Gasteiger partial charge in [-0.15, -0.1) is 0 Å². The van der Waals surface area contributed by atoms with E-state index in [0.29, 0.717) is 14.9 Å². The number of hydrogen-bond acceptors (Lipinski definition) is 3. The summed E-state index contributed by atoms with van der Waals surface area (Å²) >= 11 is 6.50. The molecular weight excluding hydrogens is 460 g/mol. The first-order chi connectivity index (χ1) is 11.3. The summed E-state index contributed by atoms with van der Waals surface area (Å²) in [4.78, 5) is 12.2. The van der Waals surface area contributed by atoms with E-state index in [9.17, 15) is 13.2 Å². The first kappa shape index (κ1) is 19.9. The molecule has 8 heteroatoms. The van der Waals surface area contributed by atoms with Crippen LogP contribution in [0.25, 0.3) is 0 Å². The highest BCUT2D eigenvalue weighted by molar-refractivity contribution is 9.11. The molecule has 1 aromatic rings. The Morgan fingerprint density at radius 3 is 2.67 bits per heavy atom. The fourth-order valence-corrected chi connectivity index (χ4v) is 5.40. The van der Waals surface area contributed by atoms with Crippen molar-refractivity contribution in [3.63, 3.8) is 0 Å². The quantitative estimate of drug-likeness (QED) is 0.652. The molecule has 2 N–H and O–H groups in total. The van der Waals surface area contributed by atoms with Crippen LogP contribution >= 0.6 is 31.9 Å². The molecule has 0 spiro atoms. The minimum atomic E-state index is -3.66. The predicted octanol–water partition coefficient (Wildman–Crippen LogP) is 3.57. The Balaban J connectivity index is 1.86. The van der Waals surface area contributed by atoms with Gasteiger partial charge in [-0.05, 0) is 52.9 Å². The molecule has 5 nitrogen and oxygen atoms in total. The van der Waals surface area contributed by atoms with Crippen molar-refractivity contribution in [2.45, 2.75) is 50.0 Å². The molecule has 1 saturated carbocycles. The maximum atomic E-state index is 12.3. The molecule has 134 valence electrons. The molecule has 0 radical (unpaired) electrons. The lowest BCUT2D eigenvalue weighted by Crippen LogP contribution is -2.42. The largest absolute Gasteiger partial charge is 0.353 e. The van der Waals surface area contributed by atoms with E-state index in [4.69, 9.17) is 0 Å². The second-order valence-corrected chi connectivity index (χ2v) is 9.66. The summed E-state index contributed by atoms with van der Waals surface area (Å²) in [7, 11) is -3.66. The van der Waals surface area contributed by atoms with Gasteiger partial charge in [0.25, 0.3) is 0 Å². The normalized spacial score (nSPS) is 21.5. The van der Waals surface area contributed by atoms with Gasteiger partial charge in [0.05, 0.1) is 4.90 Å². The third-order valence-electron chi connectivity index (χ3n) is 4.28. The zero-order valence-corrected chi connectivity index (χ0v) is 17.5. The Morgan fingerprint density at radius 2 is 1.96 bits per heavy atom. The monoisotopic (exact) mass is 480 g/mol. The average Bonchev–Trinajstić information content (AvgIpc) is 2.51. The van der Waals surface area contributed by atoms with E-state index in [-0.39, 0.29) is 29.8 Å². The molecule has 1 aromatic carbocycles. The van der Waals surface area contributed by atoms with Crippen LogP contribution < -0.4 is 10.0 Å². The SMILES string of the molecule is CC1CCCCC1NC(=O)CCNS(=O)(=O)c1cc(Br)ccc1Br. The molecule has 2 unspecified atom stereocenters. The maximum Gasteiger partial charge on any atom is 0.241 e. The highest BCUT2D eigenvalue weighted by Gasteiger charge is 2.23. The molecular formula is C16H22Br2N2O3S. The van der Waals surface area contributed by atoms with Crippen molar-refractivity contribution in [1.29, 1.82) is 0 Å². The minimum absolute atomic E-state index is 0.0776. The molecule has 1 aliphatic carbocycles. The van der Waals surface area contributed by atoms with E-state index in [1.165, 1.54) is 12.5 Å². The molecule has 0 bridgehead atoms. The van der Waals surface area contributed by atoms with Gasteiger partial charge in [0, 0.05) is 28.0 Å². The first-order valence-electron chi connectivity index (χ1n) is 8.03. The number of rotatable bonds is 6. The molecule has 24 heavy (non-hydrogen) atoms. The summed E-state index contributed by atoms with van der Waals surface area (Å²) in [5.74, 6) is 0.377. The zero-order chi connectivity index (χ0) is 17.7. The lowest BCUT2D eigenvalue weighted by molar-refractivity contribution is -0.122. The summed E-state index contributed by atoms with van der Waals surface area (Å²) < 4.78 is 28.3. The number of carbonyl (C=O) groups excluding carboxylic acids is 1. The van der Waals surface area contributed by atoms with Crippen molar-refractivity contribution < 1.29 is 13.2 Å². The number of halogens is 2. The third kappa shape index (κ3) is 5.54. The van der Waals surface area contributed by atoms with Crippen molar-refractivity contribution in [1.82, 2.24) is 10.0 Å². The number of nitrogens with one attached hydrogen (secondary N) is 2. The van der Waals surface area contributed by atoms with E-state index >= 15 is 0 Å². The van der Waals surface area contributed by atoms with Crippen LogP contribution in [-0.2, 0) is 14.8 Å². The van der Waals surface area contributed by atoms with Crippen LogP contribution in [0.4, 0.5) is 0 Å².